The topological polar surface area (TPSA) is 62.7 Å². The van der Waals surface area contributed by atoms with E-state index in [0.29, 0.717) is 16.7 Å². The fourth-order valence-corrected chi connectivity index (χ4v) is 2.36. The van der Waals surface area contributed by atoms with E-state index in [1.807, 2.05) is 41.2 Å². The van der Waals surface area contributed by atoms with Crippen LogP contribution in [-0.4, -0.2) is 20.7 Å². The van der Waals surface area contributed by atoms with Gasteiger partial charge in [-0.15, -0.1) is 0 Å². The lowest BCUT2D eigenvalue weighted by Gasteiger charge is -2.08. The Morgan fingerprint density at radius 1 is 1.27 bits per heavy atom. The number of nitrogens with zero attached hydrogens (tertiary/aromatic N) is 2. The summed E-state index contributed by atoms with van der Waals surface area (Å²) in [6, 6.07) is 13.0. The zero-order chi connectivity index (χ0) is 15.4. The predicted molar refractivity (Wildman–Crippen MR) is 87.4 cm³/mol. The van der Waals surface area contributed by atoms with Crippen LogP contribution >= 0.6 is 12.2 Å². The van der Waals surface area contributed by atoms with Crippen LogP contribution in [0.4, 0.5) is 5.69 Å². The van der Waals surface area contributed by atoms with Gasteiger partial charge in [-0.2, -0.15) is 5.10 Å². The molecular formula is C16H14N4OS. The van der Waals surface area contributed by atoms with Crippen molar-refractivity contribution in [1.29, 1.82) is 0 Å². The lowest BCUT2D eigenvalue weighted by atomic mass is 10.2. The number of aromatic amines is 1. The third-order valence-corrected chi connectivity index (χ3v) is 3.49. The summed E-state index contributed by atoms with van der Waals surface area (Å²) in [6.07, 6.45) is 5.33. The van der Waals surface area contributed by atoms with E-state index in [4.69, 9.17) is 12.2 Å². The summed E-state index contributed by atoms with van der Waals surface area (Å²) in [5.74, 6) is -0.224. The van der Waals surface area contributed by atoms with E-state index in [9.17, 15) is 4.79 Å². The Labute approximate surface area is 132 Å². The second-order valence-corrected chi connectivity index (χ2v) is 5.18. The monoisotopic (exact) mass is 310 g/mol. The molecule has 0 radical (unpaired) electrons. The van der Waals surface area contributed by atoms with Gasteiger partial charge in [0.25, 0.3) is 5.91 Å². The van der Waals surface area contributed by atoms with Crippen molar-refractivity contribution in [3.8, 4) is 0 Å². The smallest absolute Gasteiger partial charge is 0.258 e. The Morgan fingerprint density at radius 3 is 2.95 bits per heavy atom. The van der Waals surface area contributed by atoms with Crippen molar-refractivity contribution in [3.05, 3.63) is 76.8 Å². The predicted octanol–water partition coefficient (Wildman–Crippen LogP) is 3.24. The normalized spacial score (nSPS) is 10.4. The van der Waals surface area contributed by atoms with Gasteiger partial charge in [-0.1, -0.05) is 24.4 Å². The molecular weight excluding hydrogens is 296 g/mol. The van der Waals surface area contributed by atoms with E-state index >= 15 is 0 Å². The molecule has 1 aromatic carbocycles. The number of benzene rings is 1. The molecule has 0 spiro atoms. The summed E-state index contributed by atoms with van der Waals surface area (Å²) in [7, 11) is 0. The fourth-order valence-electron chi connectivity index (χ4n) is 2.13. The van der Waals surface area contributed by atoms with Gasteiger partial charge in [-0.3, -0.25) is 9.48 Å². The first-order chi connectivity index (χ1) is 10.7. The van der Waals surface area contributed by atoms with Gasteiger partial charge >= 0.3 is 0 Å². The van der Waals surface area contributed by atoms with Crippen LogP contribution in [0, 0.1) is 4.64 Å². The summed E-state index contributed by atoms with van der Waals surface area (Å²) in [4.78, 5) is 15.1. The lowest BCUT2D eigenvalue weighted by molar-refractivity contribution is 0.102. The van der Waals surface area contributed by atoms with Crippen LogP contribution in [0.3, 0.4) is 0 Å². The molecule has 0 aliphatic heterocycles. The molecule has 2 N–H and O–H groups in total. The number of amides is 1. The summed E-state index contributed by atoms with van der Waals surface area (Å²) >= 11 is 5.12. The fraction of sp³-hybridized carbons (Fsp3) is 0.0625. The van der Waals surface area contributed by atoms with Crippen LogP contribution in [0.25, 0.3) is 0 Å². The van der Waals surface area contributed by atoms with Gasteiger partial charge in [0.1, 0.15) is 4.64 Å². The van der Waals surface area contributed by atoms with Gasteiger partial charge in [-0.05, 0) is 35.9 Å². The van der Waals surface area contributed by atoms with Gasteiger partial charge in [0.15, 0.2) is 0 Å². The van der Waals surface area contributed by atoms with E-state index in [0.717, 1.165) is 11.3 Å². The Bertz CT molecular complexity index is 839. The molecule has 0 aliphatic carbocycles. The van der Waals surface area contributed by atoms with Crippen molar-refractivity contribution in [1.82, 2.24) is 14.8 Å². The number of carbonyl (C=O) groups excluding carboxylic acids is 1. The second kappa shape index (κ2) is 6.36. The summed E-state index contributed by atoms with van der Waals surface area (Å²) in [5.41, 5.74) is 2.24. The number of hydrogen-bond donors (Lipinski definition) is 2. The maximum Gasteiger partial charge on any atom is 0.258 e. The Balaban J connectivity index is 1.77. The summed E-state index contributed by atoms with van der Waals surface area (Å²) in [5, 5.41) is 7.04. The molecule has 3 aromatic rings. The number of carbonyl (C=O) groups is 1. The molecule has 0 bridgehead atoms. The van der Waals surface area contributed by atoms with Gasteiger partial charge in [0.2, 0.25) is 0 Å². The summed E-state index contributed by atoms with van der Waals surface area (Å²) < 4.78 is 2.25. The number of nitrogens with one attached hydrogen (secondary N) is 2. The van der Waals surface area contributed by atoms with Gasteiger partial charge in [0, 0.05) is 24.3 Å². The molecule has 0 unspecified atom stereocenters. The highest BCUT2D eigenvalue weighted by atomic mass is 32.1. The van der Waals surface area contributed by atoms with Crippen molar-refractivity contribution >= 4 is 23.8 Å². The molecule has 22 heavy (non-hydrogen) atoms. The molecule has 0 saturated carbocycles. The largest absolute Gasteiger partial charge is 0.352 e. The Morgan fingerprint density at radius 2 is 2.18 bits per heavy atom. The van der Waals surface area contributed by atoms with Gasteiger partial charge in [0.05, 0.1) is 12.1 Å². The minimum atomic E-state index is -0.224. The third-order valence-electron chi connectivity index (χ3n) is 3.15. The minimum absolute atomic E-state index is 0.224. The van der Waals surface area contributed by atoms with Crippen LogP contribution in [-0.2, 0) is 6.54 Å². The van der Waals surface area contributed by atoms with E-state index in [1.165, 1.54) is 0 Å². The van der Waals surface area contributed by atoms with E-state index in [2.05, 4.69) is 15.4 Å². The van der Waals surface area contributed by atoms with Crippen molar-refractivity contribution < 1.29 is 4.79 Å². The first-order valence-corrected chi connectivity index (χ1v) is 7.18. The van der Waals surface area contributed by atoms with E-state index in [-0.39, 0.29) is 5.91 Å². The highest BCUT2D eigenvalue weighted by Gasteiger charge is 2.08. The average molecular weight is 310 g/mol. The summed E-state index contributed by atoms with van der Waals surface area (Å²) in [6.45, 7) is 0.655. The first-order valence-electron chi connectivity index (χ1n) is 6.78. The molecule has 0 atom stereocenters. The SMILES string of the molecule is O=C(Nc1cccc(Cn2cccn2)c1)c1ccc[nH]c1=S. The molecule has 5 nitrogen and oxygen atoms in total. The van der Waals surface area contributed by atoms with Gasteiger partial charge in [-0.25, -0.2) is 0 Å². The number of aromatic nitrogens is 3. The standard InChI is InChI=1S/C16H14N4OS/c21-15(14-6-2-7-17-16(14)22)19-13-5-1-4-12(10-13)11-20-9-3-8-18-20/h1-10H,11H2,(H,17,22)(H,19,21). The van der Waals surface area contributed by atoms with Crippen molar-refractivity contribution in [2.45, 2.75) is 6.54 Å². The third kappa shape index (κ3) is 3.29. The van der Waals surface area contributed by atoms with Gasteiger partial charge < -0.3 is 10.3 Å². The number of pyridine rings is 1. The van der Waals surface area contributed by atoms with E-state index in [1.54, 1.807) is 24.5 Å². The molecule has 6 heteroatoms. The quantitative estimate of drug-likeness (QED) is 0.727. The van der Waals surface area contributed by atoms with Crippen molar-refractivity contribution in [2.75, 3.05) is 5.32 Å². The number of H-pyrrole nitrogens is 1. The lowest BCUT2D eigenvalue weighted by Crippen LogP contribution is -2.13. The number of hydrogen-bond acceptors (Lipinski definition) is 3. The zero-order valence-corrected chi connectivity index (χ0v) is 12.5. The highest BCUT2D eigenvalue weighted by Crippen LogP contribution is 2.13. The number of rotatable bonds is 4. The van der Waals surface area contributed by atoms with Crippen LogP contribution < -0.4 is 5.32 Å². The van der Waals surface area contributed by atoms with Crippen molar-refractivity contribution in [3.63, 3.8) is 0 Å². The average Bonchev–Trinajstić information content (AvgIpc) is 3.01. The molecule has 0 aliphatic rings. The Hall–Kier alpha value is -2.73. The van der Waals surface area contributed by atoms with Crippen LogP contribution in [0.1, 0.15) is 15.9 Å². The molecule has 3 rings (SSSR count). The second-order valence-electron chi connectivity index (χ2n) is 4.77. The maximum atomic E-state index is 12.2. The molecule has 110 valence electrons. The van der Waals surface area contributed by atoms with Crippen LogP contribution in [0.2, 0.25) is 0 Å². The molecule has 2 heterocycles. The maximum absolute atomic E-state index is 12.2. The highest BCUT2D eigenvalue weighted by molar-refractivity contribution is 7.71. The molecule has 2 aromatic heterocycles. The van der Waals surface area contributed by atoms with E-state index < -0.39 is 0 Å². The Kier molecular flexibility index (Phi) is 4.11. The molecule has 0 saturated heterocycles. The van der Waals surface area contributed by atoms with Crippen LogP contribution in [0.5, 0.6) is 0 Å². The molecule has 1 amide bonds. The number of anilines is 1. The van der Waals surface area contributed by atoms with Crippen LogP contribution in [0.15, 0.2) is 61.1 Å². The zero-order valence-electron chi connectivity index (χ0n) is 11.7. The van der Waals surface area contributed by atoms with Crippen molar-refractivity contribution in [2.24, 2.45) is 0 Å². The first kappa shape index (κ1) is 14.2. The molecule has 0 fully saturated rings. The minimum Gasteiger partial charge on any atom is -0.352 e.